The lowest BCUT2D eigenvalue weighted by atomic mass is 10.3. The predicted molar refractivity (Wildman–Crippen MR) is 95.4 cm³/mol. The van der Waals surface area contributed by atoms with E-state index in [4.69, 9.17) is 9.47 Å². The second kappa shape index (κ2) is 8.13. The number of aromatic nitrogens is 2. The number of nitrogens with zero attached hydrogens (tertiary/aromatic N) is 2. The van der Waals surface area contributed by atoms with Crippen molar-refractivity contribution in [2.24, 2.45) is 0 Å². The lowest BCUT2D eigenvalue weighted by Gasteiger charge is -2.09. The molecule has 0 spiro atoms. The van der Waals surface area contributed by atoms with Crippen LogP contribution in [0, 0.1) is 5.82 Å². The number of benzene rings is 2. The van der Waals surface area contributed by atoms with Crippen molar-refractivity contribution >= 4 is 17.6 Å². The lowest BCUT2D eigenvalue weighted by molar-refractivity contribution is -0.119. The summed E-state index contributed by atoms with van der Waals surface area (Å²) >= 11 is 0. The highest BCUT2D eigenvalue weighted by Gasteiger charge is 2.16. The van der Waals surface area contributed by atoms with Crippen LogP contribution in [0.2, 0.25) is 0 Å². The van der Waals surface area contributed by atoms with Crippen LogP contribution in [0.3, 0.4) is 0 Å². The van der Waals surface area contributed by atoms with Crippen LogP contribution in [0.1, 0.15) is 10.5 Å². The zero-order chi connectivity index (χ0) is 19.2. The second-order valence-electron chi connectivity index (χ2n) is 5.48. The maximum Gasteiger partial charge on any atom is 0.357 e. The molecule has 0 aliphatic heterocycles. The van der Waals surface area contributed by atoms with Crippen LogP contribution in [0.15, 0.2) is 61.1 Å². The third-order valence-corrected chi connectivity index (χ3v) is 3.64. The third-order valence-electron chi connectivity index (χ3n) is 3.64. The number of methoxy groups -OCH3 is 1. The van der Waals surface area contributed by atoms with Gasteiger partial charge >= 0.3 is 5.97 Å². The smallest absolute Gasteiger partial charge is 0.357 e. The minimum atomic E-state index is -0.724. The summed E-state index contributed by atoms with van der Waals surface area (Å²) < 4.78 is 24.6. The molecule has 0 atom stereocenters. The van der Waals surface area contributed by atoms with Crippen LogP contribution in [0.5, 0.6) is 5.75 Å². The van der Waals surface area contributed by atoms with E-state index in [-0.39, 0.29) is 5.69 Å². The number of hydrogen-bond donors (Lipinski definition) is 1. The van der Waals surface area contributed by atoms with E-state index >= 15 is 0 Å². The second-order valence-corrected chi connectivity index (χ2v) is 5.48. The summed E-state index contributed by atoms with van der Waals surface area (Å²) in [6, 6.07) is 12.3. The first kappa shape index (κ1) is 18.1. The number of carbonyl (C=O) groups excluding carboxylic acids is 2. The molecule has 0 unspecified atom stereocenters. The number of carbonyl (C=O) groups is 2. The van der Waals surface area contributed by atoms with Crippen LogP contribution in [0.25, 0.3) is 5.69 Å². The van der Waals surface area contributed by atoms with E-state index in [2.05, 4.69) is 10.3 Å². The molecule has 3 aromatic rings. The summed E-state index contributed by atoms with van der Waals surface area (Å²) in [5.41, 5.74) is 1.18. The standard InChI is InChI=1S/C19H16FN3O4/c1-26-16-4-2-3-14(9-16)22-18(24)11-27-19(25)17-10-21-12-23(17)15-7-5-13(20)6-8-15/h2-10,12H,11H2,1H3,(H,22,24). The Balaban J connectivity index is 1.62. The summed E-state index contributed by atoms with van der Waals surface area (Å²) in [6.45, 7) is -0.468. The van der Waals surface area contributed by atoms with Crippen LogP contribution < -0.4 is 10.1 Å². The van der Waals surface area contributed by atoms with Crippen molar-refractivity contribution in [1.29, 1.82) is 0 Å². The van der Waals surface area contributed by atoms with Crippen molar-refractivity contribution in [3.63, 3.8) is 0 Å². The molecule has 1 aromatic heterocycles. The highest BCUT2D eigenvalue weighted by molar-refractivity contribution is 5.95. The number of amides is 1. The van der Waals surface area contributed by atoms with Crippen molar-refractivity contribution in [3.8, 4) is 11.4 Å². The van der Waals surface area contributed by atoms with E-state index in [1.54, 1.807) is 24.3 Å². The molecule has 0 saturated heterocycles. The van der Waals surface area contributed by atoms with Gasteiger partial charge in [0.25, 0.3) is 5.91 Å². The number of imidazole rings is 1. The quantitative estimate of drug-likeness (QED) is 0.676. The Morgan fingerprint density at radius 3 is 2.70 bits per heavy atom. The lowest BCUT2D eigenvalue weighted by Crippen LogP contribution is -2.22. The first-order chi connectivity index (χ1) is 13.1. The van der Waals surface area contributed by atoms with Crippen LogP contribution in [-0.2, 0) is 9.53 Å². The molecule has 8 heteroatoms. The predicted octanol–water partition coefficient (Wildman–Crippen LogP) is 2.82. The third kappa shape index (κ3) is 4.49. The zero-order valence-corrected chi connectivity index (χ0v) is 14.4. The Hall–Kier alpha value is -3.68. The Kier molecular flexibility index (Phi) is 5.46. The summed E-state index contributed by atoms with van der Waals surface area (Å²) in [7, 11) is 1.52. The van der Waals surface area contributed by atoms with Gasteiger partial charge in [-0.1, -0.05) is 6.07 Å². The van der Waals surface area contributed by atoms with Crippen molar-refractivity contribution in [2.45, 2.75) is 0 Å². The summed E-state index contributed by atoms with van der Waals surface area (Å²) in [5, 5.41) is 2.61. The van der Waals surface area contributed by atoms with Gasteiger partial charge in [-0.15, -0.1) is 0 Å². The number of anilines is 1. The highest BCUT2D eigenvalue weighted by atomic mass is 19.1. The number of rotatable bonds is 6. The Labute approximate surface area is 154 Å². The fraction of sp³-hybridized carbons (Fsp3) is 0.105. The SMILES string of the molecule is COc1cccc(NC(=O)COC(=O)c2cncn2-c2ccc(F)cc2)c1. The van der Waals surface area contributed by atoms with Gasteiger partial charge in [-0.3, -0.25) is 9.36 Å². The van der Waals surface area contributed by atoms with E-state index in [0.717, 1.165) is 0 Å². The molecule has 3 rings (SSSR count). The van der Waals surface area contributed by atoms with Gasteiger partial charge in [0.05, 0.1) is 19.6 Å². The molecule has 27 heavy (non-hydrogen) atoms. The van der Waals surface area contributed by atoms with Crippen molar-refractivity contribution in [2.75, 3.05) is 19.0 Å². The largest absolute Gasteiger partial charge is 0.497 e. The number of halogens is 1. The number of ether oxygens (including phenoxy) is 2. The maximum atomic E-state index is 13.1. The molecule has 0 saturated carbocycles. The van der Waals surface area contributed by atoms with Crippen molar-refractivity contribution < 1.29 is 23.5 Å². The van der Waals surface area contributed by atoms with Gasteiger partial charge in [0.2, 0.25) is 0 Å². The minimum Gasteiger partial charge on any atom is -0.497 e. The Morgan fingerprint density at radius 2 is 1.96 bits per heavy atom. The fourth-order valence-corrected chi connectivity index (χ4v) is 2.36. The van der Waals surface area contributed by atoms with E-state index in [0.29, 0.717) is 17.1 Å². The highest BCUT2D eigenvalue weighted by Crippen LogP contribution is 2.17. The molecule has 1 heterocycles. The first-order valence-corrected chi connectivity index (χ1v) is 7.96. The monoisotopic (exact) mass is 369 g/mol. The normalized spacial score (nSPS) is 10.3. The molecule has 138 valence electrons. The molecular formula is C19H16FN3O4. The number of esters is 1. The zero-order valence-electron chi connectivity index (χ0n) is 14.4. The van der Waals surface area contributed by atoms with Gasteiger partial charge in [-0.25, -0.2) is 14.2 Å². The number of hydrogen-bond acceptors (Lipinski definition) is 5. The molecule has 1 amide bonds. The minimum absolute atomic E-state index is 0.121. The molecular weight excluding hydrogens is 353 g/mol. The van der Waals surface area contributed by atoms with E-state index in [9.17, 15) is 14.0 Å². The molecule has 2 aromatic carbocycles. The molecule has 0 bridgehead atoms. The van der Waals surface area contributed by atoms with E-state index in [1.807, 2.05) is 0 Å². The summed E-state index contributed by atoms with van der Waals surface area (Å²) in [4.78, 5) is 28.2. The summed E-state index contributed by atoms with van der Waals surface area (Å²) in [6.07, 6.45) is 2.71. The Morgan fingerprint density at radius 1 is 1.19 bits per heavy atom. The Bertz CT molecular complexity index is 954. The van der Waals surface area contributed by atoms with Gasteiger partial charge in [0, 0.05) is 17.4 Å². The van der Waals surface area contributed by atoms with Crippen LogP contribution in [-0.4, -0.2) is 35.1 Å². The molecule has 0 fully saturated rings. The van der Waals surface area contributed by atoms with E-state index in [1.165, 1.54) is 48.5 Å². The van der Waals surface area contributed by atoms with E-state index < -0.39 is 24.3 Å². The average molecular weight is 369 g/mol. The van der Waals surface area contributed by atoms with Crippen LogP contribution >= 0.6 is 0 Å². The van der Waals surface area contributed by atoms with Crippen molar-refractivity contribution in [1.82, 2.24) is 9.55 Å². The topological polar surface area (TPSA) is 82.4 Å². The molecule has 7 nitrogen and oxygen atoms in total. The molecule has 1 N–H and O–H groups in total. The van der Waals surface area contributed by atoms with Gasteiger partial charge in [0.1, 0.15) is 11.6 Å². The van der Waals surface area contributed by atoms with Crippen LogP contribution in [0.4, 0.5) is 10.1 Å². The van der Waals surface area contributed by atoms with Gasteiger partial charge in [-0.2, -0.15) is 0 Å². The molecule has 0 aliphatic rings. The first-order valence-electron chi connectivity index (χ1n) is 7.96. The number of nitrogens with one attached hydrogen (secondary N) is 1. The molecule has 0 aliphatic carbocycles. The van der Waals surface area contributed by atoms with Gasteiger partial charge in [0.15, 0.2) is 12.3 Å². The summed E-state index contributed by atoms with van der Waals surface area (Å²) in [5.74, 6) is -1.02. The fourth-order valence-electron chi connectivity index (χ4n) is 2.36. The van der Waals surface area contributed by atoms with Crippen molar-refractivity contribution in [3.05, 3.63) is 72.6 Å². The molecule has 0 radical (unpaired) electrons. The van der Waals surface area contributed by atoms with Gasteiger partial charge < -0.3 is 14.8 Å². The maximum absolute atomic E-state index is 13.1. The van der Waals surface area contributed by atoms with Gasteiger partial charge in [-0.05, 0) is 36.4 Å². The average Bonchev–Trinajstić information content (AvgIpc) is 3.17.